The van der Waals surface area contributed by atoms with E-state index < -0.39 is 11.1 Å². The molecule has 0 aromatic heterocycles. The summed E-state index contributed by atoms with van der Waals surface area (Å²) < 4.78 is 0. The molecular weight excluding hydrogens is 449 g/mol. The summed E-state index contributed by atoms with van der Waals surface area (Å²) in [5.74, 6) is -0.353. The second-order valence-electron chi connectivity index (χ2n) is 7.00. The topological polar surface area (TPSA) is 75.5 Å². The third-order valence-electron chi connectivity index (χ3n) is 4.92. The number of amides is 1. The molecule has 4 rings (SSSR count). The van der Waals surface area contributed by atoms with Gasteiger partial charge in [-0.2, -0.15) is 0 Å². The van der Waals surface area contributed by atoms with E-state index in [4.69, 9.17) is 23.2 Å². The van der Waals surface area contributed by atoms with E-state index in [0.29, 0.717) is 5.70 Å². The second kappa shape index (κ2) is 9.26. The highest BCUT2D eigenvalue weighted by molar-refractivity contribution is 6.40. The number of nitrogens with one attached hydrogen (secondary N) is 1. The van der Waals surface area contributed by atoms with Crippen molar-refractivity contribution in [2.24, 2.45) is 0 Å². The van der Waals surface area contributed by atoms with Crippen molar-refractivity contribution in [1.82, 2.24) is 5.32 Å². The normalized spacial score (nSPS) is 17.2. The number of non-ortho nitro benzene ring substituents is 1. The molecule has 1 unspecified atom stereocenters. The van der Waals surface area contributed by atoms with E-state index in [-0.39, 0.29) is 27.3 Å². The lowest BCUT2D eigenvalue weighted by molar-refractivity contribution is -0.384. The van der Waals surface area contributed by atoms with Gasteiger partial charge in [0.15, 0.2) is 0 Å². The minimum atomic E-state index is -0.587. The van der Waals surface area contributed by atoms with Crippen molar-refractivity contribution in [3.63, 3.8) is 0 Å². The van der Waals surface area contributed by atoms with E-state index in [2.05, 4.69) is 5.32 Å². The van der Waals surface area contributed by atoms with E-state index in [1.807, 2.05) is 66.7 Å². The maximum Gasteiger partial charge on any atom is 0.276 e. The minimum absolute atomic E-state index is 0.0151. The lowest BCUT2D eigenvalue weighted by atomic mass is 10.1. The monoisotopic (exact) mass is 465 g/mol. The number of nitro groups is 1. The van der Waals surface area contributed by atoms with Gasteiger partial charge < -0.3 is 5.32 Å². The molecule has 1 saturated heterocycles. The van der Waals surface area contributed by atoms with Gasteiger partial charge in [0.1, 0.15) is 11.9 Å². The molecule has 160 valence electrons. The van der Waals surface area contributed by atoms with E-state index in [9.17, 15) is 14.9 Å². The summed E-state index contributed by atoms with van der Waals surface area (Å²) in [6, 6.07) is 21.4. The van der Waals surface area contributed by atoms with Gasteiger partial charge in [-0.05, 0) is 17.2 Å². The quantitative estimate of drug-likeness (QED) is 0.279. The van der Waals surface area contributed by atoms with Gasteiger partial charge in [0.25, 0.3) is 11.6 Å². The van der Waals surface area contributed by atoms with Crippen molar-refractivity contribution in [3.8, 4) is 0 Å². The highest BCUT2D eigenvalue weighted by Gasteiger charge is 2.39. The van der Waals surface area contributed by atoms with Crippen molar-refractivity contribution in [2.75, 3.05) is 4.90 Å². The third kappa shape index (κ3) is 4.37. The van der Waals surface area contributed by atoms with Gasteiger partial charge in [-0.25, -0.2) is 0 Å². The molecule has 1 amide bonds. The number of halogens is 2. The number of benzene rings is 3. The molecule has 8 heteroatoms. The fourth-order valence-corrected chi connectivity index (χ4v) is 4.10. The maximum absolute atomic E-state index is 13.4. The molecule has 0 bridgehead atoms. The van der Waals surface area contributed by atoms with Gasteiger partial charge in [0.05, 0.1) is 20.7 Å². The Kier molecular flexibility index (Phi) is 6.25. The number of hydrogen-bond acceptors (Lipinski definition) is 4. The van der Waals surface area contributed by atoms with Gasteiger partial charge >= 0.3 is 0 Å². The predicted octanol–water partition coefficient (Wildman–Crippen LogP) is 6.13. The van der Waals surface area contributed by atoms with Crippen LogP contribution in [0.15, 0.2) is 90.6 Å². The Labute approximate surface area is 194 Å². The van der Waals surface area contributed by atoms with Crippen LogP contribution < -0.4 is 10.2 Å². The number of carbonyl (C=O) groups excluding carboxylic acids is 1. The summed E-state index contributed by atoms with van der Waals surface area (Å²) in [7, 11) is 0. The molecule has 0 saturated carbocycles. The summed E-state index contributed by atoms with van der Waals surface area (Å²) in [5.41, 5.74) is 2.10. The fraction of sp³-hybridized carbons (Fsp3) is 0.0417. The SMILES string of the molecule is O=C1/C(=C/C=C/c2ccccc2)NC(c2ccccc2)N1c1c(Cl)cc([N+](=O)[O-])cc1Cl. The first-order valence-corrected chi connectivity index (χ1v) is 10.4. The summed E-state index contributed by atoms with van der Waals surface area (Å²) in [5, 5.41) is 14.4. The molecule has 1 N–H and O–H groups in total. The first kappa shape index (κ1) is 21.6. The van der Waals surface area contributed by atoms with E-state index in [1.165, 1.54) is 17.0 Å². The molecule has 1 heterocycles. The number of anilines is 1. The summed E-state index contributed by atoms with van der Waals surface area (Å²) in [6.45, 7) is 0. The molecule has 1 aliphatic rings. The van der Waals surface area contributed by atoms with Gasteiger partial charge in [-0.15, -0.1) is 0 Å². The Bertz CT molecular complexity index is 1200. The van der Waals surface area contributed by atoms with Crippen LogP contribution in [0.4, 0.5) is 11.4 Å². The van der Waals surface area contributed by atoms with E-state index in [0.717, 1.165) is 11.1 Å². The smallest absolute Gasteiger partial charge is 0.276 e. The first-order valence-electron chi connectivity index (χ1n) is 9.67. The average Bonchev–Trinajstić information content (AvgIpc) is 3.11. The number of hydrogen-bond donors (Lipinski definition) is 1. The molecule has 0 spiro atoms. The Morgan fingerprint density at radius 1 is 0.969 bits per heavy atom. The molecule has 1 aliphatic heterocycles. The molecular formula is C24H17Cl2N3O3. The summed E-state index contributed by atoms with van der Waals surface area (Å²) in [4.78, 5) is 25.4. The molecule has 3 aromatic rings. The van der Waals surface area contributed by atoms with Crippen LogP contribution >= 0.6 is 23.2 Å². The molecule has 6 nitrogen and oxygen atoms in total. The lowest BCUT2D eigenvalue weighted by Gasteiger charge is -2.25. The zero-order chi connectivity index (χ0) is 22.7. The number of nitro benzene ring substituents is 1. The number of rotatable bonds is 5. The van der Waals surface area contributed by atoms with Gasteiger partial charge in [-0.3, -0.25) is 19.8 Å². The van der Waals surface area contributed by atoms with Gasteiger partial charge in [-0.1, -0.05) is 96.0 Å². The number of carbonyl (C=O) groups is 1. The van der Waals surface area contributed by atoms with Crippen LogP contribution in [0.1, 0.15) is 17.3 Å². The molecule has 0 radical (unpaired) electrons. The Balaban J connectivity index is 1.75. The molecule has 32 heavy (non-hydrogen) atoms. The Hall–Kier alpha value is -3.61. The van der Waals surface area contributed by atoms with E-state index >= 15 is 0 Å². The zero-order valence-electron chi connectivity index (χ0n) is 16.6. The lowest BCUT2D eigenvalue weighted by Crippen LogP contribution is -2.30. The van der Waals surface area contributed by atoms with Crippen molar-refractivity contribution >= 4 is 46.6 Å². The van der Waals surface area contributed by atoms with Crippen molar-refractivity contribution < 1.29 is 9.72 Å². The Morgan fingerprint density at radius 3 is 2.16 bits per heavy atom. The van der Waals surface area contributed by atoms with Crippen molar-refractivity contribution in [3.05, 3.63) is 122 Å². The fourth-order valence-electron chi connectivity index (χ4n) is 3.45. The zero-order valence-corrected chi connectivity index (χ0v) is 18.1. The van der Waals surface area contributed by atoms with Gasteiger partial charge in [0.2, 0.25) is 0 Å². The highest BCUT2D eigenvalue weighted by atomic mass is 35.5. The first-order chi connectivity index (χ1) is 15.5. The van der Waals surface area contributed by atoms with Crippen LogP contribution in [-0.2, 0) is 4.79 Å². The summed E-state index contributed by atoms with van der Waals surface area (Å²) in [6.07, 6.45) is 4.75. The predicted molar refractivity (Wildman–Crippen MR) is 126 cm³/mol. The van der Waals surface area contributed by atoms with Crippen molar-refractivity contribution in [1.29, 1.82) is 0 Å². The molecule has 1 fully saturated rings. The minimum Gasteiger partial charge on any atom is -0.357 e. The van der Waals surface area contributed by atoms with Crippen LogP contribution in [0.25, 0.3) is 6.08 Å². The van der Waals surface area contributed by atoms with Crippen LogP contribution in [0.3, 0.4) is 0 Å². The van der Waals surface area contributed by atoms with Crippen LogP contribution in [-0.4, -0.2) is 10.8 Å². The molecule has 3 aromatic carbocycles. The Morgan fingerprint density at radius 2 is 1.56 bits per heavy atom. The van der Waals surface area contributed by atoms with Crippen LogP contribution in [0, 0.1) is 10.1 Å². The molecule has 0 aliphatic carbocycles. The average molecular weight is 466 g/mol. The highest BCUT2D eigenvalue weighted by Crippen LogP contribution is 2.43. The number of allylic oxidation sites excluding steroid dienone is 2. The van der Waals surface area contributed by atoms with Gasteiger partial charge in [0, 0.05) is 12.1 Å². The standard InChI is InChI=1S/C24H17Cl2N3O3/c25-19-14-18(29(31)32)15-20(26)22(19)28-23(17-11-5-2-6-12-17)27-21(24(28)30)13-7-10-16-8-3-1-4-9-16/h1-15,23,27H/b10-7+,21-13-. The summed E-state index contributed by atoms with van der Waals surface area (Å²) >= 11 is 12.7. The van der Waals surface area contributed by atoms with E-state index in [1.54, 1.807) is 12.2 Å². The third-order valence-corrected chi connectivity index (χ3v) is 5.50. The second-order valence-corrected chi connectivity index (χ2v) is 7.81. The number of nitrogens with zero attached hydrogens (tertiary/aromatic N) is 2. The van der Waals surface area contributed by atoms with Crippen LogP contribution in [0.5, 0.6) is 0 Å². The maximum atomic E-state index is 13.4. The van der Waals surface area contributed by atoms with Crippen molar-refractivity contribution in [2.45, 2.75) is 6.17 Å². The molecule has 1 atom stereocenters. The largest absolute Gasteiger partial charge is 0.357 e. The van der Waals surface area contributed by atoms with Crippen LogP contribution in [0.2, 0.25) is 10.0 Å².